The van der Waals surface area contributed by atoms with E-state index >= 15 is 0 Å². The van der Waals surface area contributed by atoms with Gasteiger partial charge >= 0.3 is 0 Å². The third kappa shape index (κ3) is 3.40. The number of pyridine rings is 1. The standard InChI is InChI=1S/C30H32N3O/c1-7-30(8-2)20(3)24-17-14-22(19-25(24)26-11-9-10-18-33(26)30)28-32-31-27(34-28)21-12-15-23(16-13-21)29(4,5)6/h9-19H,3,7-8H2,1-2,4-6H3/q+1. The molecular formula is C30H32N3O+. The Hall–Kier alpha value is -3.53. The van der Waals surface area contributed by atoms with E-state index in [-0.39, 0.29) is 11.0 Å². The van der Waals surface area contributed by atoms with Gasteiger partial charge in [-0.25, -0.2) is 0 Å². The van der Waals surface area contributed by atoms with Crippen LogP contribution in [0.1, 0.15) is 58.6 Å². The maximum absolute atomic E-state index is 6.12. The average molecular weight is 451 g/mol. The van der Waals surface area contributed by atoms with Crippen LogP contribution in [0.25, 0.3) is 39.7 Å². The fraction of sp³-hybridized carbons (Fsp3) is 0.300. The number of hydrogen-bond acceptors (Lipinski definition) is 3. The van der Waals surface area contributed by atoms with Crippen LogP contribution >= 0.6 is 0 Å². The van der Waals surface area contributed by atoms with E-state index in [0.717, 1.165) is 35.1 Å². The van der Waals surface area contributed by atoms with Crippen LogP contribution in [-0.2, 0) is 11.0 Å². The lowest BCUT2D eigenvalue weighted by Crippen LogP contribution is -2.59. The Morgan fingerprint density at radius 2 is 1.50 bits per heavy atom. The summed E-state index contributed by atoms with van der Waals surface area (Å²) in [5, 5.41) is 8.71. The molecule has 1 aliphatic rings. The molecule has 0 amide bonds. The molecule has 0 spiro atoms. The molecule has 4 aromatic rings. The van der Waals surface area contributed by atoms with Crippen molar-refractivity contribution in [2.45, 2.75) is 58.4 Å². The molecule has 0 aliphatic carbocycles. The summed E-state index contributed by atoms with van der Waals surface area (Å²) in [5.41, 5.74) is 7.79. The maximum atomic E-state index is 6.12. The van der Waals surface area contributed by atoms with Gasteiger partial charge in [-0.3, -0.25) is 0 Å². The summed E-state index contributed by atoms with van der Waals surface area (Å²) >= 11 is 0. The van der Waals surface area contributed by atoms with E-state index in [4.69, 9.17) is 4.42 Å². The minimum atomic E-state index is -0.109. The van der Waals surface area contributed by atoms with Crippen molar-refractivity contribution in [1.29, 1.82) is 0 Å². The molecule has 1 aliphatic heterocycles. The van der Waals surface area contributed by atoms with E-state index in [1.165, 1.54) is 16.8 Å². The summed E-state index contributed by atoms with van der Waals surface area (Å²) in [6, 6.07) is 21.1. The van der Waals surface area contributed by atoms with Crippen LogP contribution in [-0.4, -0.2) is 10.2 Å². The number of hydrogen-bond donors (Lipinski definition) is 0. The average Bonchev–Trinajstić information content (AvgIpc) is 3.35. The fourth-order valence-corrected chi connectivity index (χ4v) is 5.17. The first-order valence-corrected chi connectivity index (χ1v) is 12.1. The normalized spacial score (nSPS) is 14.6. The molecule has 2 aromatic heterocycles. The van der Waals surface area contributed by atoms with Gasteiger partial charge in [-0.2, -0.15) is 4.57 Å². The Bertz CT molecular complexity index is 1370. The number of allylic oxidation sites excluding steroid dienone is 1. The van der Waals surface area contributed by atoms with Gasteiger partial charge in [-0.1, -0.05) is 59.4 Å². The van der Waals surface area contributed by atoms with Crippen molar-refractivity contribution in [1.82, 2.24) is 10.2 Å². The summed E-state index contributed by atoms with van der Waals surface area (Å²) in [4.78, 5) is 0. The quantitative estimate of drug-likeness (QED) is 0.309. The van der Waals surface area contributed by atoms with Crippen molar-refractivity contribution in [3.63, 3.8) is 0 Å². The Labute approximate surface area is 202 Å². The van der Waals surface area contributed by atoms with Crippen LogP contribution in [0, 0.1) is 0 Å². The van der Waals surface area contributed by atoms with E-state index in [1.54, 1.807) is 0 Å². The predicted molar refractivity (Wildman–Crippen MR) is 137 cm³/mol. The molecule has 4 heteroatoms. The number of aromatic nitrogens is 3. The van der Waals surface area contributed by atoms with Gasteiger partial charge in [0.1, 0.15) is 0 Å². The van der Waals surface area contributed by atoms with Crippen LogP contribution in [0.15, 0.2) is 77.9 Å². The van der Waals surface area contributed by atoms with Crippen LogP contribution < -0.4 is 4.57 Å². The molecule has 0 N–H and O–H groups in total. The highest BCUT2D eigenvalue weighted by Gasteiger charge is 2.46. The molecule has 0 atom stereocenters. The molecule has 172 valence electrons. The second kappa shape index (κ2) is 8.05. The SMILES string of the molecule is C=C1c2ccc(-c3nnc(-c4ccc(C(C)(C)C)cc4)o3)cc2-c2cccc[n+]2C1(CC)CC. The first-order valence-electron chi connectivity index (χ1n) is 12.1. The monoisotopic (exact) mass is 450 g/mol. The number of fused-ring (bicyclic) bond motifs is 3. The fourth-order valence-electron chi connectivity index (χ4n) is 5.17. The second-order valence-electron chi connectivity index (χ2n) is 10.2. The van der Waals surface area contributed by atoms with Gasteiger partial charge in [0.25, 0.3) is 0 Å². The summed E-state index contributed by atoms with van der Waals surface area (Å²) in [6.07, 6.45) is 4.16. The van der Waals surface area contributed by atoms with Gasteiger partial charge in [0.15, 0.2) is 11.7 Å². The molecule has 4 nitrogen and oxygen atoms in total. The van der Waals surface area contributed by atoms with Gasteiger partial charge in [0.2, 0.25) is 17.5 Å². The molecule has 0 saturated carbocycles. The topological polar surface area (TPSA) is 42.8 Å². The molecule has 0 bridgehead atoms. The highest BCUT2D eigenvalue weighted by Crippen LogP contribution is 2.44. The maximum Gasteiger partial charge on any atom is 0.248 e. The highest BCUT2D eigenvalue weighted by atomic mass is 16.4. The first kappa shape index (κ1) is 22.3. The minimum Gasteiger partial charge on any atom is -0.416 e. The zero-order valence-corrected chi connectivity index (χ0v) is 20.7. The van der Waals surface area contributed by atoms with E-state index in [1.807, 2.05) is 0 Å². The third-order valence-corrected chi connectivity index (χ3v) is 7.34. The van der Waals surface area contributed by atoms with Crippen molar-refractivity contribution in [3.05, 3.63) is 84.6 Å². The molecule has 5 rings (SSSR count). The molecular weight excluding hydrogens is 418 g/mol. The predicted octanol–water partition coefficient (Wildman–Crippen LogP) is 7.20. The summed E-state index contributed by atoms with van der Waals surface area (Å²) in [7, 11) is 0. The Morgan fingerprint density at radius 1 is 0.853 bits per heavy atom. The first-order chi connectivity index (χ1) is 16.3. The molecule has 0 saturated heterocycles. The smallest absolute Gasteiger partial charge is 0.248 e. The van der Waals surface area contributed by atoms with Crippen LogP contribution in [0.2, 0.25) is 0 Å². The summed E-state index contributed by atoms with van der Waals surface area (Å²) in [6.45, 7) is 15.7. The molecule has 2 aromatic carbocycles. The van der Waals surface area contributed by atoms with Crippen molar-refractivity contribution < 1.29 is 8.98 Å². The van der Waals surface area contributed by atoms with Crippen LogP contribution in [0.3, 0.4) is 0 Å². The van der Waals surface area contributed by atoms with Gasteiger partial charge in [-0.15, -0.1) is 10.2 Å². The lowest BCUT2D eigenvalue weighted by Gasteiger charge is -2.34. The zero-order chi connectivity index (χ0) is 24.1. The number of nitrogens with zero attached hydrogens (tertiary/aromatic N) is 3. The Morgan fingerprint density at radius 3 is 2.15 bits per heavy atom. The zero-order valence-electron chi connectivity index (χ0n) is 20.7. The third-order valence-electron chi connectivity index (χ3n) is 7.34. The number of benzene rings is 2. The number of rotatable bonds is 4. The van der Waals surface area contributed by atoms with Gasteiger partial charge in [0.05, 0.1) is 5.56 Å². The lowest BCUT2D eigenvalue weighted by atomic mass is 9.75. The summed E-state index contributed by atoms with van der Waals surface area (Å²) in [5.74, 6) is 1.05. The highest BCUT2D eigenvalue weighted by molar-refractivity contribution is 5.85. The summed E-state index contributed by atoms with van der Waals surface area (Å²) < 4.78 is 8.51. The molecule has 0 radical (unpaired) electrons. The van der Waals surface area contributed by atoms with Crippen molar-refractivity contribution >= 4 is 5.57 Å². The van der Waals surface area contributed by atoms with E-state index in [0.29, 0.717) is 11.8 Å². The van der Waals surface area contributed by atoms with E-state index in [2.05, 4.69) is 123 Å². The van der Waals surface area contributed by atoms with Gasteiger partial charge < -0.3 is 4.42 Å². The molecule has 34 heavy (non-hydrogen) atoms. The van der Waals surface area contributed by atoms with Crippen molar-refractivity contribution in [2.24, 2.45) is 0 Å². The van der Waals surface area contributed by atoms with Crippen molar-refractivity contribution in [3.8, 4) is 34.2 Å². The second-order valence-corrected chi connectivity index (χ2v) is 10.2. The molecule has 0 fully saturated rings. The Balaban J connectivity index is 1.55. The minimum absolute atomic E-state index is 0.104. The van der Waals surface area contributed by atoms with Crippen LogP contribution in [0.4, 0.5) is 0 Å². The van der Waals surface area contributed by atoms with Crippen LogP contribution in [0.5, 0.6) is 0 Å². The van der Waals surface area contributed by atoms with Gasteiger partial charge in [0, 0.05) is 41.7 Å². The molecule has 3 heterocycles. The van der Waals surface area contributed by atoms with E-state index < -0.39 is 0 Å². The van der Waals surface area contributed by atoms with E-state index in [9.17, 15) is 0 Å². The lowest BCUT2D eigenvalue weighted by molar-refractivity contribution is -0.741. The largest absolute Gasteiger partial charge is 0.416 e. The van der Waals surface area contributed by atoms with Crippen molar-refractivity contribution in [2.75, 3.05) is 0 Å². The Kier molecular flexibility index (Phi) is 5.27. The molecule has 0 unspecified atom stereocenters. The van der Waals surface area contributed by atoms with Gasteiger partial charge in [-0.05, 0) is 46.9 Å².